The number of likely N-dealkylation sites (tertiary alicyclic amines) is 1. The minimum atomic E-state index is -3.20. The molecule has 5 aromatic rings. The van der Waals surface area contributed by atoms with Gasteiger partial charge in [0.25, 0.3) is 0 Å². The fraction of sp³-hybridized carbons (Fsp3) is 0.297. The van der Waals surface area contributed by atoms with Crippen LogP contribution in [0.25, 0.3) is 33.2 Å². The first-order valence-electron chi connectivity index (χ1n) is 16.3. The maximum Gasteiger partial charge on any atom is 0.307 e. The van der Waals surface area contributed by atoms with Gasteiger partial charge in [-0.05, 0) is 53.4 Å². The molecule has 0 bridgehead atoms. The number of ether oxygens (including phenoxy) is 1. The number of carboxylic acids is 1. The van der Waals surface area contributed by atoms with Crippen LogP contribution in [0, 0.1) is 5.92 Å². The van der Waals surface area contributed by atoms with Gasteiger partial charge in [0, 0.05) is 59.8 Å². The van der Waals surface area contributed by atoms with E-state index >= 15 is 0 Å². The van der Waals surface area contributed by atoms with Crippen molar-refractivity contribution in [3.05, 3.63) is 106 Å². The molecule has 2 heterocycles. The fourth-order valence-corrected chi connectivity index (χ4v) is 7.49. The summed E-state index contributed by atoms with van der Waals surface area (Å²) in [5, 5.41) is 19.6. The van der Waals surface area contributed by atoms with Gasteiger partial charge in [-0.2, -0.15) is 5.10 Å². The number of methoxy groups -OCH3 is 1. The van der Waals surface area contributed by atoms with Crippen molar-refractivity contribution in [2.75, 3.05) is 39.5 Å². The molecule has 0 spiro atoms. The molecule has 6 rings (SSSR count). The van der Waals surface area contributed by atoms with Crippen molar-refractivity contribution in [2.45, 2.75) is 26.1 Å². The topological polar surface area (TPSA) is 126 Å². The minimum absolute atomic E-state index is 0.332. The molecular formula is C37H39Cl2N5O5S. The summed E-state index contributed by atoms with van der Waals surface area (Å²) in [6, 6.07) is 24.1. The second-order valence-corrected chi connectivity index (χ2v) is 15.2. The summed E-state index contributed by atoms with van der Waals surface area (Å²) in [5.41, 5.74) is 7.55. The first-order valence-corrected chi connectivity index (χ1v) is 18.9. The molecule has 1 fully saturated rings. The van der Waals surface area contributed by atoms with Gasteiger partial charge in [-0.3, -0.25) is 14.4 Å². The number of halogens is 2. The van der Waals surface area contributed by atoms with Crippen LogP contribution in [0.15, 0.2) is 79.0 Å². The zero-order chi connectivity index (χ0) is 35.4. The molecule has 1 aromatic heterocycles. The molecule has 0 aliphatic carbocycles. The van der Waals surface area contributed by atoms with E-state index in [9.17, 15) is 18.3 Å². The van der Waals surface area contributed by atoms with Gasteiger partial charge in [0.15, 0.2) is 0 Å². The van der Waals surface area contributed by atoms with Crippen LogP contribution in [0.1, 0.15) is 23.1 Å². The highest BCUT2D eigenvalue weighted by atomic mass is 35.5. The number of hydrogen-bond donors (Lipinski definition) is 3. The number of sulfonamides is 1. The van der Waals surface area contributed by atoms with Crippen molar-refractivity contribution in [3.63, 3.8) is 0 Å². The summed E-state index contributed by atoms with van der Waals surface area (Å²) in [6.07, 6.45) is 3.63. The zero-order valence-electron chi connectivity index (χ0n) is 27.8. The molecule has 0 unspecified atom stereocenters. The molecule has 1 saturated heterocycles. The van der Waals surface area contributed by atoms with Gasteiger partial charge >= 0.3 is 5.97 Å². The van der Waals surface area contributed by atoms with Gasteiger partial charge in [0.2, 0.25) is 10.0 Å². The van der Waals surface area contributed by atoms with Crippen LogP contribution < -0.4 is 14.8 Å². The summed E-state index contributed by atoms with van der Waals surface area (Å²) < 4.78 is 32.6. The predicted octanol–water partition coefficient (Wildman–Crippen LogP) is 6.28. The number of rotatable bonds is 14. The summed E-state index contributed by atoms with van der Waals surface area (Å²) in [5.74, 6) is -0.402. The molecule has 10 nitrogen and oxygen atoms in total. The number of nitrogens with one attached hydrogen (secondary N) is 2. The van der Waals surface area contributed by atoms with E-state index in [2.05, 4.69) is 14.9 Å². The van der Waals surface area contributed by atoms with Crippen molar-refractivity contribution in [1.29, 1.82) is 0 Å². The summed E-state index contributed by atoms with van der Waals surface area (Å²) >= 11 is 13.9. The van der Waals surface area contributed by atoms with Crippen LogP contribution in [0.5, 0.6) is 5.75 Å². The first-order chi connectivity index (χ1) is 24.0. The molecule has 1 aliphatic rings. The summed E-state index contributed by atoms with van der Waals surface area (Å²) in [7, 11) is -1.57. The Labute approximate surface area is 302 Å². The van der Waals surface area contributed by atoms with Gasteiger partial charge in [0.1, 0.15) is 5.75 Å². The van der Waals surface area contributed by atoms with E-state index in [0.29, 0.717) is 68.0 Å². The number of nitrogens with zero attached hydrogens (tertiary/aromatic N) is 3. The van der Waals surface area contributed by atoms with Crippen molar-refractivity contribution in [2.24, 2.45) is 5.92 Å². The number of carboxylic acid groups (broad SMARTS) is 1. The maximum absolute atomic E-state index is 11.4. The molecule has 262 valence electrons. The Morgan fingerprint density at radius 1 is 0.980 bits per heavy atom. The standard InChI is InChI=1S/C37H39Cl2N5O5S/c1-49-35-18-27(33(38)17-28(35)22-43-16-13-26(21-43)37(45)46)23-44-34-8-4-6-30(32(34)20-41-44)31-7-3-5-29(36(31)39)25-11-9-24(10-12-25)19-40-14-15-42-50(2,47)48/h3-12,17-18,20,26,40,42H,13-16,19,21-23H2,1-2H3,(H,45,46)/t26-/m1/s1. The second kappa shape index (κ2) is 15.5. The second-order valence-electron chi connectivity index (χ2n) is 12.6. The molecule has 13 heteroatoms. The highest BCUT2D eigenvalue weighted by Gasteiger charge is 2.28. The average Bonchev–Trinajstić information content (AvgIpc) is 3.73. The van der Waals surface area contributed by atoms with Crippen molar-refractivity contribution < 1.29 is 23.1 Å². The smallest absolute Gasteiger partial charge is 0.307 e. The quantitative estimate of drug-likeness (QED) is 0.114. The van der Waals surface area contributed by atoms with E-state index in [0.717, 1.165) is 56.1 Å². The monoisotopic (exact) mass is 735 g/mol. The summed E-state index contributed by atoms with van der Waals surface area (Å²) in [4.78, 5) is 13.5. The highest BCUT2D eigenvalue weighted by molar-refractivity contribution is 7.88. The number of fused-ring (bicyclic) bond motifs is 1. The maximum atomic E-state index is 11.4. The normalized spacial score (nSPS) is 15.2. The number of aromatic nitrogens is 2. The van der Waals surface area contributed by atoms with E-state index in [1.165, 1.54) is 0 Å². The van der Waals surface area contributed by atoms with Gasteiger partial charge in [-0.25, -0.2) is 13.1 Å². The van der Waals surface area contributed by atoms with Crippen LogP contribution in [0.2, 0.25) is 10.0 Å². The number of benzene rings is 4. The molecule has 50 heavy (non-hydrogen) atoms. The molecule has 0 amide bonds. The lowest BCUT2D eigenvalue weighted by atomic mass is 9.96. The van der Waals surface area contributed by atoms with E-state index in [1.54, 1.807) is 7.11 Å². The molecule has 4 aromatic carbocycles. The van der Waals surface area contributed by atoms with E-state index in [1.807, 2.05) is 83.7 Å². The number of aliphatic carboxylic acids is 1. The van der Waals surface area contributed by atoms with Crippen LogP contribution >= 0.6 is 23.2 Å². The fourth-order valence-electron chi connectivity index (χ4n) is 6.44. The van der Waals surface area contributed by atoms with E-state index < -0.39 is 16.0 Å². The molecule has 0 saturated carbocycles. The van der Waals surface area contributed by atoms with Crippen molar-refractivity contribution in [3.8, 4) is 28.0 Å². The lowest BCUT2D eigenvalue weighted by Gasteiger charge is -2.19. The Morgan fingerprint density at radius 3 is 2.44 bits per heavy atom. The Balaban J connectivity index is 1.19. The van der Waals surface area contributed by atoms with Crippen LogP contribution in [-0.2, 0) is 34.5 Å². The summed E-state index contributed by atoms with van der Waals surface area (Å²) in [6.45, 7) is 3.68. The lowest BCUT2D eigenvalue weighted by molar-refractivity contribution is -0.141. The van der Waals surface area contributed by atoms with Crippen molar-refractivity contribution >= 4 is 50.1 Å². The Hall–Kier alpha value is -3.97. The molecule has 1 aliphatic heterocycles. The van der Waals surface area contributed by atoms with Gasteiger partial charge < -0.3 is 15.2 Å². The first kappa shape index (κ1) is 35.8. The van der Waals surface area contributed by atoms with Crippen LogP contribution in [0.3, 0.4) is 0 Å². The predicted molar refractivity (Wildman–Crippen MR) is 198 cm³/mol. The average molecular weight is 737 g/mol. The minimum Gasteiger partial charge on any atom is -0.496 e. The Morgan fingerprint density at radius 2 is 1.72 bits per heavy atom. The van der Waals surface area contributed by atoms with Crippen molar-refractivity contribution in [1.82, 2.24) is 24.7 Å². The van der Waals surface area contributed by atoms with Crippen LogP contribution in [-0.4, -0.2) is 73.7 Å². The van der Waals surface area contributed by atoms with Gasteiger partial charge in [-0.15, -0.1) is 0 Å². The molecule has 1 atom stereocenters. The van der Waals surface area contributed by atoms with Gasteiger partial charge in [-0.1, -0.05) is 77.8 Å². The third kappa shape index (κ3) is 8.31. The van der Waals surface area contributed by atoms with Gasteiger partial charge in [0.05, 0.1) is 42.6 Å². The number of hydrogen-bond acceptors (Lipinski definition) is 7. The molecule has 3 N–H and O–H groups in total. The van der Waals surface area contributed by atoms with Crippen LogP contribution in [0.4, 0.5) is 0 Å². The zero-order valence-corrected chi connectivity index (χ0v) is 30.2. The number of carbonyl (C=O) groups is 1. The highest BCUT2D eigenvalue weighted by Crippen LogP contribution is 2.39. The van der Waals surface area contributed by atoms with E-state index in [-0.39, 0.29) is 5.92 Å². The Bertz CT molecular complexity index is 2120. The Kier molecular flexibility index (Phi) is 11.1. The van der Waals surface area contributed by atoms with E-state index in [4.69, 9.17) is 33.0 Å². The molecule has 0 radical (unpaired) electrons. The third-order valence-corrected chi connectivity index (χ3v) is 10.5. The molecular weight excluding hydrogens is 697 g/mol. The lowest BCUT2D eigenvalue weighted by Crippen LogP contribution is -2.30. The third-order valence-electron chi connectivity index (χ3n) is 9.02. The largest absolute Gasteiger partial charge is 0.496 e. The SMILES string of the molecule is COc1cc(Cn2ncc3c(-c4cccc(-c5ccc(CNCCNS(C)(=O)=O)cc5)c4Cl)cccc32)c(Cl)cc1CN1CC[C@@H](C(=O)O)C1.